The highest BCUT2D eigenvalue weighted by atomic mass is 32.2. The highest BCUT2D eigenvalue weighted by Crippen LogP contribution is 2.28. The van der Waals surface area contributed by atoms with Gasteiger partial charge in [0, 0.05) is 12.6 Å². The smallest absolute Gasteiger partial charge is 0.240 e. The van der Waals surface area contributed by atoms with Crippen LogP contribution in [-0.2, 0) is 10.0 Å². The Balaban J connectivity index is 2.18. The van der Waals surface area contributed by atoms with Crippen LogP contribution in [0.2, 0.25) is 0 Å². The zero-order valence-electron chi connectivity index (χ0n) is 12.0. The number of ether oxygens (including phenoxy) is 1. The van der Waals surface area contributed by atoms with Gasteiger partial charge in [0.15, 0.2) is 11.6 Å². The van der Waals surface area contributed by atoms with Crippen molar-refractivity contribution in [3.63, 3.8) is 0 Å². The van der Waals surface area contributed by atoms with Crippen molar-refractivity contribution in [2.45, 2.75) is 36.6 Å². The second-order valence-corrected chi connectivity index (χ2v) is 7.02. The van der Waals surface area contributed by atoms with Crippen molar-refractivity contribution in [1.29, 1.82) is 0 Å². The summed E-state index contributed by atoms with van der Waals surface area (Å²) in [6, 6.07) is 3.29. The third-order valence-electron chi connectivity index (χ3n) is 3.96. The van der Waals surface area contributed by atoms with Gasteiger partial charge in [-0.1, -0.05) is 12.8 Å². The largest absolute Gasteiger partial charge is 0.494 e. The highest BCUT2D eigenvalue weighted by molar-refractivity contribution is 7.89. The summed E-state index contributed by atoms with van der Waals surface area (Å²) in [6.07, 6.45) is 4.14. The summed E-state index contributed by atoms with van der Waals surface area (Å²) in [6.45, 7) is 0.239. The van der Waals surface area contributed by atoms with E-state index in [0.29, 0.717) is 0 Å². The summed E-state index contributed by atoms with van der Waals surface area (Å²) in [5.41, 5.74) is 5.69. The molecule has 1 unspecified atom stereocenters. The molecule has 0 heterocycles. The molecule has 0 bridgehead atoms. The summed E-state index contributed by atoms with van der Waals surface area (Å²) in [5.74, 6) is -0.432. The number of sulfonamides is 1. The Morgan fingerprint density at radius 1 is 1.43 bits per heavy atom. The molecule has 1 aliphatic rings. The Kier molecular flexibility index (Phi) is 5.18. The van der Waals surface area contributed by atoms with E-state index in [1.807, 2.05) is 0 Å². The van der Waals surface area contributed by atoms with Gasteiger partial charge in [0.05, 0.1) is 12.0 Å². The monoisotopic (exact) mass is 316 g/mol. The van der Waals surface area contributed by atoms with Crippen LogP contribution < -0.4 is 15.2 Å². The predicted molar refractivity (Wildman–Crippen MR) is 78.1 cm³/mol. The molecule has 1 atom stereocenters. The molecule has 2 rings (SSSR count). The molecule has 1 saturated carbocycles. The van der Waals surface area contributed by atoms with E-state index in [1.165, 1.54) is 19.2 Å². The standard InChI is InChI=1S/C14H21FN2O3S/c1-20-14-7-6-11(8-12(14)15)21(18,19)17-13(9-16)10-4-2-3-5-10/h6-8,10,13,17H,2-5,9,16H2,1H3. The maximum absolute atomic E-state index is 13.7. The summed E-state index contributed by atoms with van der Waals surface area (Å²) >= 11 is 0. The molecule has 118 valence electrons. The van der Waals surface area contributed by atoms with Crippen LogP contribution in [0.3, 0.4) is 0 Å². The van der Waals surface area contributed by atoms with Crippen molar-refractivity contribution in [1.82, 2.24) is 4.72 Å². The van der Waals surface area contributed by atoms with Crippen molar-refractivity contribution in [3.05, 3.63) is 24.0 Å². The average molecular weight is 316 g/mol. The summed E-state index contributed by atoms with van der Waals surface area (Å²) < 4.78 is 45.7. The third-order valence-corrected chi connectivity index (χ3v) is 5.45. The number of nitrogens with one attached hydrogen (secondary N) is 1. The number of halogens is 1. The first-order valence-electron chi connectivity index (χ1n) is 7.04. The molecule has 21 heavy (non-hydrogen) atoms. The van der Waals surface area contributed by atoms with Crippen molar-refractivity contribution in [2.24, 2.45) is 11.7 Å². The normalized spacial score (nSPS) is 17.9. The highest BCUT2D eigenvalue weighted by Gasteiger charge is 2.28. The number of benzene rings is 1. The SMILES string of the molecule is COc1ccc(S(=O)(=O)NC(CN)C2CCCC2)cc1F. The molecular formula is C14H21FN2O3S. The lowest BCUT2D eigenvalue weighted by Gasteiger charge is -2.23. The number of methoxy groups -OCH3 is 1. The molecule has 1 aliphatic carbocycles. The van der Waals surface area contributed by atoms with Crippen molar-refractivity contribution < 1.29 is 17.5 Å². The van der Waals surface area contributed by atoms with E-state index in [2.05, 4.69) is 4.72 Å². The van der Waals surface area contributed by atoms with Gasteiger partial charge in [0.25, 0.3) is 0 Å². The lowest BCUT2D eigenvalue weighted by Crippen LogP contribution is -2.44. The van der Waals surface area contributed by atoms with E-state index in [-0.39, 0.29) is 29.1 Å². The van der Waals surface area contributed by atoms with Gasteiger partial charge in [0.1, 0.15) is 0 Å². The molecule has 0 spiro atoms. The lowest BCUT2D eigenvalue weighted by molar-refractivity contribution is 0.385. The van der Waals surface area contributed by atoms with Gasteiger partial charge in [-0.15, -0.1) is 0 Å². The van der Waals surface area contributed by atoms with E-state index in [1.54, 1.807) is 0 Å². The Morgan fingerprint density at radius 2 is 2.10 bits per heavy atom. The summed E-state index contributed by atoms with van der Waals surface area (Å²) in [5, 5.41) is 0. The molecule has 5 nitrogen and oxygen atoms in total. The van der Waals surface area contributed by atoms with E-state index in [9.17, 15) is 12.8 Å². The number of hydrogen-bond donors (Lipinski definition) is 2. The Morgan fingerprint density at radius 3 is 2.62 bits per heavy atom. The van der Waals surface area contributed by atoms with Gasteiger partial charge >= 0.3 is 0 Å². The number of nitrogens with two attached hydrogens (primary N) is 1. The van der Waals surface area contributed by atoms with Crippen molar-refractivity contribution >= 4 is 10.0 Å². The van der Waals surface area contributed by atoms with Gasteiger partial charge < -0.3 is 10.5 Å². The first-order valence-corrected chi connectivity index (χ1v) is 8.52. The van der Waals surface area contributed by atoms with Gasteiger partial charge in [-0.3, -0.25) is 0 Å². The fourth-order valence-electron chi connectivity index (χ4n) is 2.78. The zero-order valence-corrected chi connectivity index (χ0v) is 12.8. The second-order valence-electron chi connectivity index (χ2n) is 5.30. The first-order chi connectivity index (χ1) is 9.97. The minimum atomic E-state index is -3.78. The minimum absolute atomic E-state index is 0.0140. The van der Waals surface area contributed by atoms with Gasteiger partial charge in [-0.05, 0) is 37.0 Å². The quantitative estimate of drug-likeness (QED) is 0.836. The molecule has 3 N–H and O–H groups in total. The van der Waals surface area contributed by atoms with Crippen LogP contribution in [0.4, 0.5) is 4.39 Å². The van der Waals surface area contributed by atoms with Gasteiger partial charge in [-0.2, -0.15) is 0 Å². The molecule has 0 saturated heterocycles. The Hall–Kier alpha value is -1.18. The molecule has 1 aromatic rings. The first kappa shape index (κ1) is 16.2. The number of rotatable bonds is 6. The second kappa shape index (κ2) is 6.72. The molecule has 0 radical (unpaired) electrons. The maximum Gasteiger partial charge on any atom is 0.240 e. The molecule has 0 aromatic heterocycles. The van der Waals surface area contributed by atoms with Crippen LogP contribution in [0, 0.1) is 11.7 Å². The summed E-state index contributed by atoms with van der Waals surface area (Å²) in [7, 11) is -2.45. The van der Waals surface area contributed by atoms with Crippen LogP contribution in [0.1, 0.15) is 25.7 Å². The van der Waals surface area contributed by atoms with Crippen LogP contribution >= 0.6 is 0 Å². The van der Waals surface area contributed by atoms with Crippen LogP contribution in [-0.4, -0.2) is 28.1 Å². The van der Waals surface area contributed by atoms with E-state index < -0.39 is 15.8 Å². The topological polar surface area (TPSA) is 81.4 Å². The zero-order chi connectivity index (χ0) is 15.5. The average Bonchev–Trinajstić information content (AvgIpc) is 2.98. The Bertz CT molecular complexity index is 586. The minimum Gasteiger partial charge on any atom is -0.494 e. The molecule has 1 aromatic carbocycles. The van der Waals surface area contributed by atoms with Gasteiger partial charge in [0.2, 0.25) is 10.0 Å². The molecule has 0 amide bonds. The van der Waals surface area contributed by atoms with E-state index in [0.717, 1.165) is 31.7 Å². The van der Waals surface area contributed by atoms with Gasteiger partial charge in [-0.25, -0.2) is 17.5 Å². The summed E-state index contributed by atoms with van der Waals surface area (Å²) in [4.78, 5) is -0.114. The molecule has 7 heteroatoms. The van der Waals surface area contributed by atoms with Crippen LogP contribution in [0.25, 0.3) is 0 Å². The molecule has 1 fully saturated rings. The Labute approximate surface area is 124 Å². The van der Waals surface area contributed by atoms with E-state index >= 15 is 0 Å². The molecule has 0 aliphatic heterocycles. The molecular weight excluding hydrogens is 295 g/mol. The fourth-order valence-corrected chi connectivity index (χ4v) is 4.11. The third kappa shape index (κ3) is 3.72. The van der Waals surface area contributed by atoms with Crippen LogP contribution in [0.15, 0.2) is 23.1 Å². The van der Waals surface area contributed by atoms with Crippen LogP contribution in [0.5, 0.6) is 5.75 Å². The van der Waals surface area contributed by atoms with E-state index in [4.69, 9.17) is 10.5 Å². The predicted octanol–water partition coefficient (Wildman–Crippen LogP) is 1.63. The van der Waals surface area contributed by atoms with Crippen molar-refractivity contribution in [2.75, 3.05) is 13.7 Å². The van der Waals surface area contributed by atoms with Crippen molar-refractivity contribution in [3.8, 4) is 5.75 Å². The fraction of sp³-hybridized carbons (Fsp3) is 0.571. The lowest BCUT2D eigenvalue weighted by atomic mass is 9.99. The maximum atomic E-state index is 13.7. The number of hydrogen-bond acceptors (Lipinski definition) is 4.